The summed E-state index contributed by atoms with van der Waals surface area (Å²) >= 11 is 0. The van der Waals surface area contributed by atoms with E-state index in [1.165, 1.54) is 6.42 Å². The Kier molecular flexibility index (Phi) is 5.94. The SMILES string of the molecule is COc1cc(CC2CCCN2)cc(NC(=O)OC(C)(C)C)c1OC. The summed E-state index contributed by atoms with van der Waals surface area (Å²) in [4.78, 5) is 12.1. The van der Waals surface area contributed by atoms with Gasteiger partial charge in [0.05, 0.1) is 19.9 Å². The molecule has 1 aliphatic rings. The number of benzene rings is 1. The Balaban J connectivity index is 2.23. The van der Waals surface area contributed by atoms with Crippen molar-refractivity contribution in [2.24, 2.45) is 0 Å². The third kappa shape index (κ3) is 5.03. The van der Waals surface area contributed by atoms with E-state index >= 15 is 0 Å². The number of nitrogens with one attached hydrogen (secondary N) is 2. The van der Waals surface area contributed by atoms with Crippen LogP contribution in [0.1, 0.15) is 39.2 Å². The number of carbonyl (C=O) groups excluding carboxylic acids is 1. The van der Waals surface area contributed by atoms with Crippen LogP contribution in [-0.2, 0) is 11.2 Å². The highest BCUT2D eigenvalue weighted by Gasteiger charge is 2.21. The summed E-state index contributed by atoms with van der Waals surface area (Å²) in [6.45, 7) is 6.53. The minimum absolute atomic E-state index is 0.456. The molecule has 1 unspecified atom stereocenters. The van der Waals surface area contributed by atoms with Crippen LogP contribution in [0, 0.1) is 0 Å². The Morgan fingerprint density at radius 3 is 2.58 bits per heavy atom. The first-order valence-corrected chi connectivity index (χ1v) is 8.30. The van der Waals surface area contributed by atoms with Gasteiger partial charge in [0.15, 0.2) is 11.5 Å². The highest BCUT2D eigenvalue weighted by molar-refractivity contribution is 5.88. The van der Waals surface area contributed by atoms with E-state index < -0.39 is 11.7 Å². The van der Waals surface area contributed by atoms with E-state index in [1.807, 2.05) is 32.9 Å². The van der Waals surface area contributed by atoms with Crippen LogP contribution in [0.4, 0.5) is 10.5 Å². The summed E-state index contributed by atoms with van der Waals surface area (Å²) in [5.41, 5.74) is 1.07. The zero-order chi connectivity index (χ0) is 17.7. The predicted molar refractivity (Wildman–Crippen MR) is 94.1 cm³/mol. The quantitative estimate of drug-likeness (QED) is 0.863. The van der Waals surface area contributed by atoms with Gasteiger partial charge in [0, 0.05) is 6.04 Å². The summed E-state index contributed by atoms with van der Waals surface area (Å²) in [5.74, 6) is 1.09. The van der Waals surface area contributed by atoms with E-state index in [1.54, 1.807) is 14.2 Å². The lowest BCUT2D eigenvalue weighted by Crippen LogP contribution is -2.27. The molecule has 0 bridgehead atoms. The maximum atomic E-state index is 12.1. The summed E-state index contributed by atoms with van der Waals surface area (Å²) in [7, 11) is 3.14. The Morgan fingerprint density at radius 1 is 1.29 bits per heavy atom. The fourth-order valence-electron chi connectivity index (χ4n) is 2.86. The van der Waals surface area contributed by atoms with Crippen molar-refractivity contribution in [2.45, 2.75) is 51.7 Å². The molecule has 1 saturated heterocycles. The van der Waals surface area contributed by atoms with E-state index in [0.717, 1.165) is 24.9 Å². The van der Waals surface area contributed by atoms with Crippen molar-refractivity contribution < 1.29 is 19.0 Å². The average molecular weight is 336 g/mol. The number of amides is 1. The smallest absolute Gasteiger partial charge is 0.412 e. The second-order valence-electron chi connectivity index (χ2n) is 7.00. The van der Waals surface area contributed by atoms with Gasteiger partial charge in [0.1, 0.15) is 5.60 Å². The third-order valence-electron chi connectivity index (χ3n) is 3.82. The fourth-order valence-corrected chi connectivity index (χ4v) is 2.86. The van der Waals surface area contributed by atoms with Crippen molar-refractivity contribution in [3.63, 3.8) is 0 Å². The van der Waals surface area contributed by atoms with E-state index in [4.69, 9.17) is 14.2 Å². The van der Waals surface area contributed by atoms with Crippen LogP contribution in [0.2, 0.25) is 0 Å². The molecular weight excluding hydrogens is 308 g/mol. The van der Waals surface area contributed by atoms with Gasteiger partial charge in [-0.05, 0) is 64.3 Å². The molecule has 0 aliphatic carbocycles. The number of ether oxygens (including phenoxy) is 3. The van der Waals surface area contributed by atoms with Crippen LogP contribution in [0.15, 0.2) is 12.1 Å². The number of anilines is 1. The van der Waals surface area contributed by atoms with Crippen molar-refractivity contribution in [1.29, 1.82) is 0 Å². The first-order valence-electron chi connectivity index (χ1n) is 8.30. The van der Waals surface area contributed by atoms with E-state index in [-0.39, 0.29) is 0 Å². The van der Waals surface area contributed by atoms with Crippen LogP contribution >= 0.6 is 0 Å². The molecule has 1 fully saturated rings. The van der Waals surface area contributed by atoms with Gasteiger partial charge in [-0.15, -0.1) is 0 Å². The minimum Gasteiger partial charge on any atom is -0.493 e. The van der Waals surface area contributed by atoms with Gasteiger partial charge in [-0.3, -0.25) is 5.32 Å². The van der Waals surface area contributed by atoms with Gasteiger partial charge < -0.3 is 19.5 Å². The lowest BCUT2D eigenvalue weighted by Gasteiger charge is -2.21. The third-order valence-corrected chi connectivity index (χ3v) is 3.82. The fraction of sp³-hybridized carbons (Fsp3) is 0.611. The normalized spacial score (nSPS) is 17.5. The molecule has 1 aromatic carbocycles. The molecule has 0 aromatic heterocycles. The van der Waals surface area contributed by atoms with E-state index in [9.17, 15) is 4.79 Å². The number of hydrogen-bond acceptors (Lipinski definition) is 5. The maximum absolute atomic E-state index is 12.1. The molecule has 2 rings (SSSR count). The van der Waals surface area contributed by atoms with Crippen LogP contribution in [0.3, 0.4) is 0 Å². The Morgan fingerprint density at radius 2 is 2.04 bits per heavy atom. The van der Waals surface area contributed by atoms with Gasteiger partial charge in [0.2, 0.25) is 0 Å². The second-order valence-corrected chi connectivity index (χ2v) is 7.00. The second kappa shape index (κ2) is 7.75. The molecule has 6 nitrogen and oxygen atoms in total. The molecule has 0 radical (unpaired) electrons. The van der Waals surface area contributed by atoms with Crippen molar-refractivity contribution >= 4 is 11.8 Å². The lowest BCUT2D eigenvalue weighted by atomic mass is 10.0. The number of hydrogen-bond donors (Lipinski definition) is 2. The molecule has 0 spiro atoms. The highest BCUT2D eigenvalue weighted by atomic mass is 16.6. The molecule has 1 aromatic rings. The van der Waals surface area contributed by atoms with Crippen molar-refractivity contribution in [2.75, 3.05) is 26.1 Å². The minimum atomic E-state index is -0.563. The maximum Gasteiger partial charge on any atom is 0.412 e. The molecule has 2 N–H and O–H groups in total. The van der Waals surface area contributed by atoms with Crippen molar-refractivity contribution in [1.82, 2.24) is 5.32 Å². The molecule has 1 amide bonds. The van der Waals surface area contributed by atoms with Crippen LogP contribution in [0.25, 0.3) is 0 Å². The topological polar surface area (TPSA) is 68.8 Å². The zero-order valence-electron chi connectivity index (χ0n) is 15.2. The average Bonchev–Trinajstić information content (AvgIpc) is 2.97. The summed E-state index contributed by atoms with van der Waals surface area (Å²) < 4.78 is 16.2. The van der Waals surface area contributed by atoms with Crippen LogP contribution < -0.4 is 20.1 Å². The molecule has 1 aliphatic heterocycles. The molecule has 24 heavy (non-hydrogen) atoms. The van der Waals surface area contributed by atoms with Crippen molar-refractivity contribution in [3.05, 3.63) is 17.7 Å². The Hall–Kier alpha value is -1.95. The summed E-state index contributed by atoms with van der Waals surface area (Å²) in [5, 5.41) is 6.25. The number of methoxy groups -OCH3 is 2. The zero-order valence-corrected chi connectivity index (χ0v) is 15.2. The largest absolute Gasteiger partial charge is 0.493 e. The Bertz CT molecular complexity index is 575. The molecule has 6 heteroatoms. The Labute approximate surface area is 143 Å². The van der Waals surface area contributed by atoms with Gasteiger partial charge >= 0.3 is 6.09 Å². The van der Waals surface area contributed by atoms with Crippen molar-refractivity contribution in [3.8, 4) is 11.5 Å². The summed E-state index contributed by atoms with van der Waals surface area (Å²) in [6.07, 6.45) is 2.71. The predicted octanol–water partition coefficient (Wildman–Crippen LogP) is 3.35. The van der Waals surface area contributed by atoms with Gasteiger partial charge in [-0.1, -0.05) is 0 Å². The number of rotatable bonds is 5. The first-order chi connectivity index (χ1) is 11.3. The van der Waals surface area contributed by atoms with Gasteiger partial charge in [-0.25, -0.2) is 4.79 Å². The van der Waals surface area contributed by atoms with Crippen LogP contribution in [-0.4, -0.2) is 38.5 Å². The van der Waals surface area contributed by atoms with Gasteiger partial charge in [0.25, 0.3) is 0 Å². The lowest BCUT2D eigenvalue weighted by molar-refractivity contribution is 0.0635. The van der Waals surface area contributed by atoms with E-state index in [0.29, 0.717) is 23.2 Å². The summed E-state index contributed by atoms with van der Waals surface area (Å²) in [6, 6.07) is 4.34. The van der Waals surface area contributed by atoms with Gasteiger partial charge in [-0.2, -0.15) is 0 Å². The van der Waals surface area contributed by atoms with Crippen LogP contribution in [0.5, 0.6) is 11.5 Å². The molecule has 1 atom stereocenters. The number of carbonyl (C=O) groups is 1. The molecule has 134 valence electrons. The first kappa shape index (κ1) is 18.4. The molecule has 1 heterocycles. The molecule has 0 saturated carbocycles. The van der Waals surface area contributed by atoms with E-state index in [2.05, 4.69) is 10.6 Å². The monoisotopic (exact) mass is 336 g/mol. The highest BCUT2D eigenvalue weighted by Crippen LogP contribution is 2.37. The molecular formula is C18H28N2O4. The standard InChI is InChI=1S/C18H28N2O4/c1-18(2,3)24-17(21)20-14-10-12(9-13-7-6-8-19-13)11-15(22-4)16(14)23-5/h10-11,13,19H,6-9H2,1-5H3,(H,20,21).